The Labute approximate surface area is 163 Å². The van der Waals surface area contributed by atoms with E-state index in [0.717, 1.165) is 55.0 Å². The third-order valence-electron chi connectivity index (χ3n) is 7.16. The molecule has 4 aliphatic rings. The summed E-state index contributed by atoms with van der Waals surface area (Å²) in [5, 5.41) is 0. The van der Waals surface area contributed by atoms with Gasteiger partial charge in [0.05, 0.1) is 30.0 Å². The predicted molar refractivity (Wildman–Crippen MR) is 103 cm³/mol. The van der Waals surface area contributed by atoms with Gasteiger partial charge in [0.15, 0.2) is 0 Å². The first-order chi connectivity index (χ1) is 12.3. The third-order valence-corrected chi connectivity index (χ3v) is 7.59. The number of halogens is 1. The lowest BCUT2D eigenvalue weighted by molar-refractivity contribution is -0.123. The van der Waals surface area contributed by atoms with Crippen LogP contribution in [-0.4, -0.2) is 53.7 Å². The molecule has 0 N–H and O–H groups in total. The maximum atomic E-state index is 13.2. The molecule has 1 amide bonds. The van der Waals surface area contributed by atoms with E-state index in [0.29, 0.717) is 11.8 Å². The zero-order valence-corrected chi connectivity index (χ0v) is 17.3. The van der Waals surface area contributed by atoms with Gasteiger partial charge in [-0.25, -0.2) is 0 Å². The second kappa shape index (κ2) is 5.52. The number of rotatable bonds is 2. The molecule has 1 aromatic rings. The normalized spacial score (nSPS) is 38.4. The van der Waals surface area contributed by atoms with Crippen molar-refractivity contribution in [3.05, 3.63) is 22.4 Å². The van der Waals surface area contributed by atoms with Crippen LogP contribution >= 0.6 is 15.9 Å². The number of hydrogen-bond donors (Lipinski definition) is 0. The largest absolute Gasteiger partial charge is 0.381 e. The molecule has 2 saturated heterocycles. The Morgan fingerprint density at radius 2 is 1.85 bits per heavy atom. The van der Waals surface area contributed by atoms with Crippen LogP contribution < -0.4 is 4.90 Å². The number of pyridine rings is 1. The van der Waals surface area contributed by atoms with E-state index in [-0.39, 0.29) is 17.5 Å². The first kappa shape index (κ1) is 17.1. The molecule has 1 aliphatic carbocycles. The summed E-state index contributed by atoms with van der Waals surface area (Å²) in [6, 6.07) is 2.34. The van der Waals surface area contributed by atoms with Gasteiger partial charge in [-0.05, 0) is 55.6 Å². The Balaban J connectivity index is 1.36. The molecule has 0 spiro atoms. The minimum Gasteiger partial charge on any atom is -0.381 e. The quantitative estimate of drug-likeness (QED) is 0.738. The van der Waals surface area contributed by atoms with Crippen molar-refractivity contribution in [3.63, 3.8) is 0 Å². The molecule has 0 aromatic carbocycles. The molecule has 0 unspecified atom stereocenters. The molecular weight excluding hydrogens is 394 g/mol. The third kappa shape index (κ3) is 2.28. The monoisotopic (exact) mass is 419 g/mol. The summed E-state index contributed by atoms with van der Waals surface area (Å²) in [6.07, 6.45) is 3.88. The first-order valence-corrected chi connectivity index (χ1v) is 10.4. The van der Waals surface area contributed by atoms with Crippen molar-refractivity contribution in [2.45, 2.75) is 50.6 Å². The highest BCUT2D eigenvalue weighted by molar-refractivity contribution is 9.10. The van der Waals surface area contributed by atoms with Gasteiger partial charge < -0.3 is 9.64 Å². The zero-order valence-electron chi connectivity index (χ0n) is 15.7. The van der Waals surface area contributed by atoms with Crippen LogP contribution in [0.15, 0.2) is 16.7 Å². The number of fused-ring (bicyclic) bond motifs is 2. The highest BCUT2D eigenvalue weighted by Gasteiger charge is 2.56. The molecule has 1 aromatic heterocycles. The van der Waals surface area contributed by atoms with E-state index in [9.17, 15) is 4.79 Å². The molecule has 5 rings (SSSR count). The molecule has 6 heteroatoms. The van der Waals surface area contributed by atoms with E-state index >= 15 is 0 Å². The van der Waals surface area contributed by atoms with Crippen molar-refractivity contribution in [1.29, 1.82) is 0 Å². The summed E-state index contributed by atoms with van der Waals surface area (Å²) >= 11 is 3.52. The maximum absolute atomic E-state index is 13.2. The Kier molecular flexibility index (Phi) is 3.64. The van der Waals surface area contributed by atoms with Crippen LogP contribution in [-0.2, 0) is 14.9 Å². The lowest BCUT2D eigenvalue weighted by Gasteiger charge is -2.54. The second-order valence-electron chi connectivity index (χ2n) is 9.34. The van der Waals surface area contributed by atoms with Gasteiger partial charge in [0.2, 0.25) is 5.91 Å². The summed E-state index contributed by atoms with van der Waals surface area (Å²) in [7, 11) is 0. The van der Waals surface area contributed by atoms with Gasteiger partial charge in [-0.2, -0.15) is 0 Å². The summed E-state index contributed by atoms with van der Waals surface area (Å²) in [5.74, 6) is 1.61. The molecule has 26 heavy (non-hydrogen) atoms. The summed E-state index contributed by atoms with van der Waals surface area (Å²) in [5.41, 5.74) is 1.58. The fourth-order valence-corrected chi connectivity index (χ4v) is 5.81. The van der Waals surface area contributed by atoms with Crippen molar-refractivity contribution in [1.82, 2.24) is 9.88 Å². The molecule has 3 fully saturated rings. The summed E-state index contributed by atoms with van der Waals surface area (Å²) in [6.45, 7) is 10.5. The topological polar surface area (TPSA) is 45.7 Å². The van der Waals surface area contributed by atoms with E-state index in [4.69, 9.17) is 4.74 Å². The van der Waals surface area contributed by atoms with Crippen LogP contribution in [0.5, 0.6) is 0 Å². The lowest BCUT2D eigenvalue weighted by Crippen LogP contribution is -2.63. The Morgan fingerprint density at radius 3 is 2.50 bits per heavy atom. The molecule has 3 aliphatic heterocycles. The van der Waals surface area contributed by atoms with Crippen LogP contribution in [0.1, 0.15) is 39.3 Å². The SMILES string of the molecule is CC1(C)C(=O)N(C2CC(C)(N3C[C@H]4COC[C@H]4C3)C2)c2cc(Br)cnc21. The van der Waals surface area contributed by atoms with E-state index < -0.39 is 5.41 Å². The van der Waals surface area contributed by atoms with E-state index in [1.54, 1.807) is 6.20 Å². The van der Waals surface area contributed by atoms with Crippen LogP contribution in [0.25, 0.3) is 0 Å². The van der Waals surface area contributed by atoms with Gasteiger partial charge in [-0.3, -0.25) is 14.7 Å². The van der Waals surface area contributed by atoms with Crippen LogP contribution in [0, 0.1) is 11.8 Å². The number of ether oxygens (including phenoxy) is 1. The zero-order chi connectivity index (χ0) is 18.3. The standard InChI is InChI=1S/C20H26BrN3O2/c1-19(2)17-16(4-14(21)7-22-17)24(18(19)25)15-5-20(3,6-15)23-8-12-10-26-11-13(12)9-23/h4,7,12-13,15H,5-6,8-11H2,1-3H3/t12-,13+,15?,20?. The van der Waals surface area contributed by atoms with Gasteiger partial charge in [-0.15, -0.1) is 0 Å². The summed E-state index contributed by atoms with van der Waals surface area (Å²) < 4.78 is 6.55. The van der Waals surface area contributed by atoms with Crippen molar-refractivity contribution < 1.29 is 9.53 Å². The van der Waals surface area contributed by atoms with Crippen molar-refractivity contribution >= 4 is 27.5 Å². The van der Waals surface area contributed by atoms with E-state index in [1.807, 2.05) is 18.7 Å². The number of anilines is 1. The number of likely N-dealkylation sites (tertiary alicyclic amines) is 1. The molecule has 1 saturated carbocycles. The van der Waals surface area contributed by atoms with Gasteiger partial charge in [-0.1, -0.05) is 0 Å². The van der Waals surface area contributed by atoms with Crippen molar-refractivity contribution in [2.75, 3.05) is 31.2 Å². The number of aromatic nitrogens is 1. The van der Waals surface area contributed by atoms with Crippen LogP contribution in [0.2, 0.25) is 0 Å². The predicted octanol–water partition coefficient (Wildman–Crippen LogP) is 2.97. The maximum Gasteiger partial charge on any atom is 0.239 e. The highest BCUT2D eigenvalue weighted by atomic mass is 79.9. The van der Waals surface area contributed by atoms with Crippen molar-refractivity contribution in [3.8, 4) is 0 Å². The average Bonchev–Trinajstić information content (AvgIpc) is 3.18. The molecule has 2 atom stereocenters. The van der Waals surface area contributed by atoms with Crippen LogP contribution in [0.3, 0.4) is 0 Å². The van der Waals surface area contributed by atoms with Gasteiger partial charge in [0.25, 0.3) is 0 Å². The molecule has 4 heterocycles. The number of carbonyl (C=O) groups is 1. The van der Waals surface area contributed by atoms with E-state index in [2.05, 4.69) is 38.8 Å². The Hall–Kier alpha value is -0.980. The lowest BCUT2D eigenvalue weighted by atomic mass is 9.72. The smallest absolute Gasteiger partial charge is 0.239 e. The van der Waals surface area contributed by atoms with Crippen LogP contribution in [0.4, 0.5) is 5.69 Å². The minimum atomic E-state index is -0.538. The molecular formula is C20H26BrN3O2. The Morgan fingerprint density at radius 1 is 1.19 bits per heavy atom. The van der Waals surface area contributed by atoms with E-state index in [1.165, 1.54) is 0 Å². The fourth-order valence-electron chi connectivity index (χ4n) is 5.49. The van der Waals surface area contributed by atoms with Gasteiger partial charge >= 0.3 is 0 Å². The number of nitrogens with zero attached hydrogens (tertiary/aromatic N) is 3. The molecule has 0 radical (unpaired) electrons. The summed E-state index contributed by atoms with van der Waals surface area (Å²) in [4.78, 5) is 22.4. The number of hydrogen-bond acceptors (Lipinski definition) is 4. The minimum absolute atomic E-state index is 0.192. The van der Waals surface area contributed by atoms with Gasteiger partial charge in [0.1, 0.15) is 0 Å². The molecule has 140 valence electrons. The molecule has 0 bridgehead atoms. The Bertz CT molecular complexity index is 762. The first-order valence-electron chi connectivity index (χ1n) is 9.62. The number of amides is 1. The fraction of sp³-hybridized carbons (Fsp3) is 0.700. The number of carbonyl (C=O) groups excluding carboxylic acids is 1. The average molecular weight is 420 g/mol. The second-order valence-corrected chi connectivity index (χ2v) is 10.3. The highest BCUT2D eigenvalue weighted by Crippen LogP contribution is 2.50. The molecule has 5 nitrogen and oxygen atoms in total. The van der Waals surface area contributed by atoms with Crippen molar-refractivity contribution in [2.24, 2.45) is 11.8 Å². The van der Waals surface area contributed by atoms with Gasteiger partial charge in [0, 0.05) is 47.2 Å².